The highest BCUT2D eigenvalue weighted by molar-refractivity contribution is 5.81. The second kappa shape index (κ2) is 9.22. The van der Waals surface area contributed by atoms with Crippen LogP contribution >= 0.6 is 0 Å². The standard InChI is InChI=1S/C15H20F2O6/c1-2-12(18)21-8-9-22-14(20)15(16,17)10-23-13(19)11-6-4-3-5-7-11/h2,11H,1,3-10H2. The molecule has 8 heteroatoms. The van der Waals surface area contributed by atoms with E-state index in [2.05, 4.69) is 20.8 Å². The smallest absolute Gasteiger partial charge is 0.380 e. The van der Waals surface area contributed by atoms with Gasteiger partial charge in [-0.3, -0.25) is 4.79 Å². The SMILES string of the molecule is C=CC(=O)OCCOC(=O)C(F)(F)COC(=O)C1CCCCC1. The van der Waals surface area contributed by atoms with E-state index >= 15 is 0 Å². The number of hydrogen-bond donors (Lipinski definition) is 0. The Labute approximate surface area is 132 Å². The van der Waals surface area contributed by atoms with E-state index in [0.717, 1.165) is 25.3 Å². The van der Waals surface area contributed by atoms with Crippen LogP contribution < -0.4 is 0 Å². The summed E-state index contributed by atoms with van der Waals surface area (Å²) in [5, 5.41) is 0. The van der Waals surface area contributed by atoms with Crippen molar-refractivity contribution in [3.05, 3.63) is 12.7 Å². The van der Waals surface area contributed by atoms with Gasteiger partial charge < -0.3 is 14.2 Å². The van der Waals surface area contributed by atoms with Crippen LogP contribution in [0.25, 0.3) is 0 Å². The molecular formula is C15H20F2O6. The minimum atomic E-state index is -3.94. The first-order valence-corrected chi connectivity index (χ1v) is 7.37. The summed E-state index contributed by atoms with van der Waals surface area (Å²) in [6.45, 7) is 0.899. The largest absolute Gasteiger partial charge is 0.459 e. The van der Waals surface area contributed by atoms with Crippen LogP contribution in [0.15, 0.2) is 12.7 Å². The van der Waals surface area contributed by atoms with Crippen LogP contribution in [0.2, 0.25) is 0 Å². The lowest BCUT2D eigenvalue weighted by molar-refractivity contribution is -0.186. The van der Waals surface area contributed by atoms with Crippen molar-refractivity contribution in [2.24, 2.45) is 5.92 Å². The Morgan fingerprint density at radius 1 is 1.04 bits per heavy atom. The van der Waals surface area contributed by atoms with Crippen molar-refractivity contribution in [2.75, 3.05) is 19.8 Å². The van der Waals surface area contributed by atoms with Gasteiger partial charge in [0.15, 0.2) is 6.61 Å². The third kappa shape index (κ3) is 6.75. The van der Waals surface area contributed by atoms with E-state index in [-0.39, 0.29) is 12.5 Å². The zero-order valence-corrected chi connectivity index (χ0v) is 12.7. The lowest BCUT2D eigenvalue weighted by Crippen LogP contribution is -2.38. The summed E-state index contributed by atoms with van der Waals surface area (Å²) in [7, 11) is 0. The molecule has 0 aliphatic heterocycles. The monoisotopic (exact) mass is 334 g/mol. The van der Waals surface area contributed by atoms with E-state index in [1.165, 1.54) is 0 Å². The fourth-order valence-corrected chi connectivity index (χ4v) is 2.12. The van der Waals surface area contributed by atoms with Crippen molar-refractivity contribution in [2.45, 2.75) is 38.0 Å². The third-order valence-corrected chi connectivity index (χ3v) is 3.36. The van der Waals surface area contributed by atoms with Gasteiger partial charge in [0.05, 0.1) is 5.92 Å². The molecule has 0 amide bonds. The molecular weight excluding hydrogens is 314 g/mol. The van der Waals surface area contributed by atoms with Gasteiger partial charge >= 0.3 is 23.8 Å². The summed E-state index contributed by atoms with van der Waals surface area (Å²) in [4.78, 5) is 33.6. The number of ether oxygens (including phenoxy) is 3. The van der Waals surface area contributed by atoms with Crippen molar-refractivity contribution in [3.63, 3.8) is 0 Å². The molecule has 0 heterocycles. The van der Waals surface area contributed by atoms with Gasteiger partial charge in [-0.05, 0) is 12.8 Å². The highest BCUT2D eigenvalue weighted by Gasteiger charge is 2.43. The van der Waals surface area contributed by atoms with Gasteiger partial charge in [0.25, 0.3) is 0 Å². The van der Waals surface area contributed by atoms with Crippen molar-refractivity contribution >= 4 is 17.9 Å². The van der Waals surface area contributed by atoms with Crippen LogP contribution in [0.1, 0.15) is 32.1 Å². The number of carbonyl (C=O) groups is 3. The Morgan fingerprint density at radius 2 is 1.65 bits per heavy atom. The Bertz CT molecular complexity index is 443. The summed E-state index contributed by atoms with van der Waals surface area (Å²) in [6.07, 6.45) is 4.86. The topological polar surface area (TPSA) is 78.9 Å². The first-order valence-electron chi connectivity index (χ1n) is 7.37. The fraction of sp³-hybridized carbons (Fsp3) is 0.667. The van der Waals surface area contributed by atoms with E-state index in [1.54, 1.807) is 0 Å². The van der Waals surface area contributed by atoms with Gasteiger partial charge in [0.2, 0.25) is 0 Å². The maximum Gasteiger partial charge on any atom is 0.380 e. The Morgan fingerprint density at radius 3 is 2.26 bits per heavy atom. The zero-order valence-electron chi connectivity index (χ0n) is 12.7. The molecule has 0 spiro atoms. The van der Waals surface area contributed by atoms with Gasteiger partial charge in [-0.2, -0.15) is 8.78 Å². The van der Waals surface area contributed by atoms with E-state index in [9.17, 15) is 23.2 Å². The van der Waals surface area contributed by atoms with Gasteiger partial charge in [-0.25, -0.2) is 9.59 Å². The summed E-state index contributed by atoms with van der Waals surface area (Å²) in [5.41, 5.74) is 0. The molecule has 0 N–H and O–H groups in total. The molecule has 0 atom stereocenters. The van der Waals surface area contributed by atoms with E-state index in [1.807, 2.05) is 0 Å². The maximum absolute atomic E-state index is 13.5. The fourth-order valence-electron chi connectivity index (χ4n) is 2.12. The molecule has 0 unspecified atom stereocenters. The molecule has 1 aliphatic carbocycles. The summed E-state index contributed by atoms with van der Waals surface area (Å²) < 4.78 is 40.3. The van der Waals surface area contributed by atoms with Crippen molar-refractivity contribution in [1.82, 2.24) is 0 Å². The average Bonchev–Trinajstić information content (AvgIpc) is 2.56. The highest BCUT2D eigenvalue weighted by atomic mass is 19.3. The first-order chi connectivity index (χ1) is 10.9. The number of hydrogen-bond acceptors (Lipinski definition) is 6. The normalized spacial score (nSPS) is 15.6. The molecule has 0 aromatic heterocycles. The first kappa shape index (κ1) is 19.1. The summed E-state index contributed by atoms with van der Waals surface area (Å²) in [6, 6.07) is 0. The van der Waals surface area contributed by atoms with Gasteiger partial charge in [-0.15, -0.1) is 0 Å². The van der Waals surface area contributed by atoms with Gasteiger partial charge in [0, 0.05) is 6.08 Å². The predicted octanol–water partition coefficient (Wildman–Crippen LogP) is 2.02. The minimum Gasteiger partial charge on any atom is -0.459 e. The number of halogens is 2. The van der Waals surface area contributed by atoms with Crippen LogP contribution in [-0.2, 0) is 28.6 Å². The highest BCUT2D eigenvalue weighted by Crippen LogP contribution is 2.25. The van der Waals surface area contributed by atoms with Crippen molar-refractivity contribution in [3.8, 4) is 0 Å². The molecule has 0 aromatic carbocycles. The Kier molecular flexibility index (Phi) is 7.64. The predicted molar refractivity (Wildman–Crippen MR) is 74.6 cm³/mol. The minimum absolute atomic E-state index is 0.367. The maximum atomic E-state index is 13.5. The Balaban J connectivity index is 2.29. The second-order valence-electron chi connectivity index (χ2n) is 5.15. The lowest BCUT2D eigenvalue weighted by atomic mass is 9.89. The van der Waals surface area contributed by atoms with E-state index in [0.29, 0.717) is 12.8 Å². The van der Waals surface area contributed by atoms with Crippen molar-refractivity contribution < 1.29 is 37.4 Å². The van der Waals surface area contributed by atoms with Crippen LogP contribution in [0.5, 0.6) is 0 Å². The quantitative estimate of drug-likeness (QED) is 0.292. The van der Waals surface area contributed by atoms with Crippen LogP contribution in [0, 0.1) is 5.92 Å². The molecule has 1 fully saturated rings. The molecule has 0 radical (unpaired) electrons. The van der Waals surface area contributed by atoms with Crippen LogP contribution in [-0.4, -0.2) is 43.7 Å². The molecule has 130 valence electrons. The van der Waals surface area contributed by atoms with E-state index < -0.39 is 37.0 Å². The Hall–Kier alpha value is -1.99. The third-order valence-electron chi connectivity index (χ3n) is 3.36. The molecule has 0 saturated heterocycles. The number of rotatable bonds is 8. The number of alkyl halides is 2. The zero-order chi connectivity index (χ0) is 17.3. The molecule has 23 heavy (non-hydrogen) atoms. The number of carbonyl (C=O) groups excluding carboxylic acids is 3. The van der Waals surface area contributed by atoms with Gasteiger partial charge in [0.1, 0.15) is 13.2 Å². The number of esters is 3. The molecule has 1 saturated carbocycles. The molecule has 1 rings (SSSR count). The average molecular weight is 334 g/mol. The second-order valence-corrected chi connectivity index (χ2v) is 5.15. The van der Waals surface area contributed by atoms with Crippen molar-refractivity contribution in [1.29, 1.82) is 0 Å². The molecule has 6 nitrogen and oxygen atoms in total. The van der Waals surface area contributed by atoms with Gasteiger partial charge in [-0.1, -0.05) is 25.8 Å². The lowest BCUT2D eigenvalue weighted by Gasteiger charge is -2.21. The van der Waals surface area contributed by atoms with E-state index in [4.69, 9.17) is 0 Å². The van der Waals surface area contributed by atoms with Crippen LogP contribution in [0.4, 0.5) is 8.78 Å². The molecule has 0 aromatic rings. The molecule has 1 aliphatic rings. The summed E-state index contributed by atoms with van der Waals surface area (Å²) in [5.74, 6) is -7.61. The molecule has 0 bridgehead atoms. The summed E-state index contributed by atoms with van der Waals surface area (Å²) >= 11 is 0. The van der Waals surface area contributed by atoms with Crippen LogP contribution in [0.3, 0.4) is 0 Å².